The van der Waals surface area contributed by atoms with E-state index in [9.17, 15) is 9.59 Å². The molecule has 142 valence electrons. The molecule has 3 amide bonds. The van der Waals surface area contributed by atoms with Crippen molar-refractivity contribution in [1.29, 1.82) is 0 Å². The van der Waals surface area contributed by atoms with E-state index in [2.05, 4.69) is 15.5 Å². The first kappa shape index (κ1) is 18.7. The molecule has 2 fully saturated rings. The van der Waals surface area contributed by atoms with Crippen LogP contribution in [0.3, 0.4) is 0 Å². The third-order valence-corrected chi connectivity index (χ3v) is 4.87. The lowest BCUT2D eigenvalue weighted by Gasteiger charge is -2.35. The Kier molecular flexibility index (Phi) is 6.85. The molecule has 26 heavy (non-hydrogen) atoms. The molecule has 3 rings (SSSR count). The highest BCUT2D eigenvalue weighted by Crippen LogP contribution is 2.14. The molecule has 7 nitrogen and oxygen atoms in total. The number of benzene rings is 1. The van der Waals surface area contributed by atoms with Gasteiger partial charge in [0.05, 0.1) is 6.10 Å². The summed E-state index contributed by atoms with van der Waals surface area (Å²) < 4.78 is 5.68. The van der Waals surface area contributed by atoms with E-state index in [1.165, 1.54) is 0 Å². The van der Waals surface area contributed by atoms with E-state index in [1.54, 1.807) is 0 Å². The first-order valence-corrected chi connectivity index (χ1v) is 9.42. The third kappa shape index (κ3) is 5.71. The van der Waals surface area contributed by atoms with Gasteiger partial charge in [-0.05, 0) is 25.0 Å². The number of rotatable bonds is 6. The van der Waals surface area contributed by atoms with Crippen LogP contribution < -0.4 is 10.6 Å². The van der Waals surface area contributed by atoms with E-state index < -0.39 is 0 Å². The highest BCUT2D eigenvalue weighted by Gasteiger charge is 2.24. The van der Waals surface area contributed by atoms with Crippen molar-refractivity contribution in [2.45, 2.75) is 25.4 Å². The van der Waals surface area contributed by atoms with Crippen molar-refractivity contribution >= 4 is 17.6 Å². The maximum Gasteiger partial charge on any atom is 0.319 e. The van der Waals surface area contributed by atoms with Gasteiger partial charge < -0.3 is 20.3 Å². The Morgan fingerprint density at radius 2 is 1.88 bits per heavy atom. The summed E-state index contributed by atoms with van der Waals surface area (Å²) in [6, 6.07) is 8.96. The topological polar surface area (TPSA) is 73.9 Å². The third-order valence-electron chi connectivity index (χ3n) is 4.87. The summed E-state index contributed by atoms with van der Waals surface area (Å²) in [7, 11) is 0. The summed E-state index contributed by atoms with van der Waals surface area (Å²) in [5.74, 6) is 0.0989. The summed E-state index contributed by atoms with van der Waals surface area (Å²) >= 11 is 0. The van der Waals surface area contributed by atoms with E-state index >= 15 is 0 Å². The Morgan fingerprint density at radius 3 is 2.58 bits per heavy atom. The fourth-order valence-corrected chi connectivity index (χ4v) is 3.39. The van der Waals surface area contributed by atoms with E-state index in [-0.39, 0.29) is 11.9 Å². The van der Waals surface area contributed by atoms with Crippen LogP contribution in [0.2, 0.25) is 0 Å². The molecule has 2 heterocycles. The summed E-state index contributed by atoms with van der Waals surface area (Å²) in [6.45, 7) is 5.50. The minimum Gasteiger partial charge on any atom is -0.377 e. The predicted molar refractivity (Wildman–Crippen MR) is 100 cm³/mol. The van der Waals surface area contributed by atoms with Gasteiger partial charge in [0, 0.05) is 58.0 Å². The number of ether oxygens (including phenoxy) is 1. The largest absolute Gasteiger partial charge is 0.377 e. The number of para-hydroxylation sites is 1. The maximum absolute atomic E-state index is 12.3. The van der Waals surface area contributed by atoms with Gasteiger partial charge >= 0.3 is 6.03 Å². The molecule has 1 aromatic rings. The second kappa shape index (κ2) is 9.54. The van der Waals surface area contributed by atoms with Crippen LogP contribution in [0.1, 0.15) is 19.3 Å². The molecule has 0 aliphatic carbocycles. The molecule has 2 saturated heterocycles. The predicted octanol–water partition coefficient (Wildman–Crippen LogP) is 1.52. The standard InChI is InChI=1S/C19H28N4O3/c24-18(8-9-20-19(25)21-16-5-2-1-3-6-16)23-12-10-22(11-13-23)15-17-7-4-14-26-17/h1-3,5-6,17H,4,7-15H2,(H2,20,21,25)/t17-/m0/s1. The average molecular weight is 360 g/mol. The minimum absolute atomic E-state index is 0.0989. The van der Waals surface area contributed by atoms with Crippen LogP contribution in [0, 0.1) is 0 Å². The fraction of sp³-hybridized carbons (Fsp3) is 0.579. The van der Waals surface area contributed by atoms with Gasteiger partial charge in [-0.2, -0.15) is 0 Å². The lowest BCUT2D eigenvalue weighted by Crippen LogP contribution is -2.50. The number of piperazine rings is 1. The van der Waals surface area contributed by atoms with Gasteiger partial charge in [0.2, 0.25) is 5.91 Å². The fourth-order valence-electron chi connectivity index (χ4n) is 3.39. The van der Waals surface area contributed by atoms with Gasteiger partial charge in [0.15, 0.2) is 0 Å². The highest BCUT2D eigenvalue weighted by molar-refractivity contribution is 5.89. The quantitative estimate of drug-likeness (QED) is 0.807. The smallest absolute Gasteiger partial charge is 0.319 e. The number of hydrogen-bond acceptors (Lipinski definition) is 4. The van der Waals surface area contributed by atoms with Gasteiger partial charge in [-0.1, -0.05) is 18.2 Å². The summed E-state index contributed by atoms with van der Waals surface area (Å²) in [4.78, 5) is 28.4. The van der Waals surface area contributed by atoms with Gasteiger partial charge in [0.25, 0.3) is 0 Å². The Hall–Kier alpha value is -2.12. The number of carbonyl (C=O) groups excluding carboxylic acids is 2. The molecule has 0 spiro atoms. The number of carbonyl (C=O) groups is 2. The zero-order valence-corrected chi connectivity index (χ0v) is 15.2. The van der Waals surface area contributed by atoms with Crippen LogP contribution in [-0.4, -0.2) is 73.7 Å². The molecule has 0 radical (unpaired) electrons. The van der Waals surface area contributed by atoms with Crippen molar-refractivity contribution in [3.05, 3.63) is 30.3 Å². The minimum atomic E-state index is -0.287. The van der Waals surface area contributed by atoms with Crippen molar-refractivity contribution in [2.24, 2.45) is 0 Å². The summed E-state index contributed by atoms with van der Waals surface area (Å²) in [5, 5.41) is 5.48. The van der Waals surface area contributed by atoms with Crippen LogP contribution in [-0.2, 0) is 9.53 Å². The zero-order valence-electron chi connectivity index (χ0n) is 15.2. The van der Waals surface area contributed by atoms with Crippen molar-refractivity contribution in [1.82, 2.24) is 15.1 Å². The zero-order chi connectivity index (χ0) is 18.2. The number of amides is 3. The molecule has 1 aromatic carbocycles. The van der Waals surface area contributed by atoms with Crippen molar-refractivity contribution < 1.29 is 14.3 Å². The average Bonchev–Trinajstić information content (AvgIpc) is 3.16. The second-order valence-corrected chi connectivity index (χ2v) is 6.81. The van der Waals surface area contributed by atoms with Crippen molar-refractivity contribution in [3.8, 4) is 0 Å². The summed E-state index contributed by atoms with van der Waals surface area (Å²) in [5.41, 5.74) is 0.735. The van der Waals surface area contributed by atoms with Crippen LogP contribution in [0.15, 0.2) is 30.3 Å². The maximum atomic E-state index is 12.3. The molecule has 0 aromatic heterocycles. The second-order valence-electron chi connectivity index (χ2n) is 6.81. The molecule has 2 aliphatic rings. The number of hydrogen-bond donors (Lipinski definition) is 2. The number of anilines is 1. The molecule has 1 atom stereocenters. The lowest BCUT2D eigenvalue weighted by molar-refractivity contribution is -0.132. The Bertz CT molecular complexity index is 582. The summed E-state index contributed by atoms with van der Waals surface area (Å²) in [6.07, 6.45) is 3.00. The Labute approximate surface area is 154 Å². The van der Waals surface area contributed by atoms with Crippen molar-refractivity contribution in [3.63, 3.8) is 0 Å². The van der Waals surface area contributed by atoms with E-state index in [1.807, 2.05) is 35.2 Å². The number of urea groups is 1. The monoisotopic (exact) mass is 360 g/mol. The normalized spacial score (nSPS) is 20.8. The van der Waals surface area contributed by atoms with E-state index in [4.69, 9.17) is 4.74 Å². The first-order valence-electron chi connectivity index (χ1n) is 9.42. The number of nitrogens with one attached hydrogen (secondary N) is 2. The Balaban J connectivity index is 1.29. The van der Waals surface area contributed by atoms with Gasteiger partial charge in [-0.15, -0.1) is 0 Å². The molecule has 7 heteroatoms. The number of nitrogens with zero attached hydrogens (tertiary/aromatic N) is 2. The van der Waals surface area contributed by atoms with E-state index in [0.717, 1.165) is 57.9 Å². The first-order chi connectivity index (χ1) is 12.7. The molecular weight excluding hydrogens is 332 g/mol. The van der Waals surface area contributed by atoms with Crippen LogP contribution in [0.4, 0.5) is 10.5 Å². The van der Waals surface area contributed by atoms with Crippen LogP contribution >= 0.6 is 0 Å². The van der Waals surface area contributed by atoms with Crippen LogP contribution in [0.5, 0.6) is 0 Å². The SMILES string of the molecule is O=C(NCCC(=O)N1CCN(C[C@@H]2CCCO2)CC1)Nc1ccccc1. The Morgan fingerprint density at radius 1 is 1.12 bits per heavy atom. The van der Waals surface area contributed by atoms with Crippen LogP contribution in [0.25, 0.3) is 0 Å². The van der Waals surface area contributed by atoms with Gasteiger partial charge in [0.1, 0.15) is 0 Å². The highest BCUT2D eigenvalue weighted by atomic mass is 16.5. The van der Waals surface area contributed by atoms with Gasteiger partial charge in [-0.3, -0.25) is 9.69 Å². The molecule has 2 N–H and O–H groups in total. The molecular formula is C19H28N4O3. The molecule has 2 aliphatic heterocycles. The lowest BCUT2D eigenvalue weighted by atomic mass is 10.2. The van der Waals surface area contributed by atoms with Crippen molar-refractivity contribution in [2.75, 3.05) is 51.2 Å². The van der Waals surface area contributed by atoms with Gasteiger partial charge in [-0.25, -0.2) is 4.79 Å². The molecule has 0 unspecified atom stereocenters. The molecule has 0 saturated carbocycles. The molecule has 0 bridgehead atoms. The van der Waals surface area contributed by atoms with E-state index in [0.29, 0.717) is 19.1 Å².